The van der Waals surface area contributed by atoms with Gasteiger partial charge in [0.1, 0.15) is 0 Å². The molecule has 2 rings (SSSR count). The van der Waals surface area contributed by atoms with Crippen LogP contribution in [-0.2, 0) is 13.5 Å². The number of nitrogens with one attached hydrogen (secondary N) is 1. The Labute approximate surface area is 125 Å². The van der Waals surface area contributed by atoms with Gasteiger partial charge in [0.15, 0.2) is 0 Å². The molecule has 1 atom stereocenters. The fourth-order valence-corrected chi connectivity index (χ4v) is 3.17. The maximum Gasteiger partial charge on any atom is 0.0492 e. The number of rotatable bonds is 7. The number of hydrogen-bond donors (Lipinski definition) is 1. The van der Waals surface area contributed by atoms with Gasteiger partial charge in [0.2, 0.25) is 0 Å². The molecule has 0 amide bonds. The predicted octanol–water partition coefficient (Wildman–Crippen LogP) is 3.04. The first-order valence-electron chi connectivity index (χ1n) is 7.02. The van der Waals surface area contributed by atoms with Crippen LogP contribution in [0.2, 0.25) is 0 Å². The lowest BCUT2D eigenvalue weighted by Gasteiger charge is -2.15. The highest BCUT2D eigenvalue weighted by atomic mass is 32.2. The van der Waals surface area contributed by atoms with Crippen LogP contribution in [-0.4, -0.2) is 28.6 Å². The van der Waals surface area contributed by atoms with Gasteiger partial charge in [-0.2, -0.15) is 5.10 Å². The molecule has 3 nitrogen and oxygen atoms in total. The van der Waals surface area contributed by atoms with E-state index in [2.05, 4.69) is 47.7 Å². The molecule has 0 aliphatic rings. The Morgan fingerprint density at radius 3 is 2.60 bits per heavy atom. The largest absolute Gasteiger partial charge is 0.316 e. The van der Waals surface area contributed by atoms with Crippen LogP contribution in [0.3, 0.4) is 0 Å². The minimum absolute atomic E-state index is 0.524. The fourth-order valence-electron chi connectivity index (χ4n) is 2.11. The molecule has 0 saturated carbocycles. The summed E-state index contributed by atoms with van der Waals surface area (Å²) in [6.07, 6.45) is 4.07. The Kier molecular flexibility index (Phi) is 5.68. The van der Waals surface area contributed by atoms with Gasteiger partial charge in [-0.25, -0.2) is 0 Å². The van der Waals surface area contributed by atoms with Gasteiger partial charge in [0.05, 0.1) is 0 Å². The molecule has 1 N–H and O–H groups in total. The molecule has 0 fully saturated rings. The van der Waals surface area contributed by atoms with E-state index < -0.39 is 0 Å². The van der Waals surface area contributed by atoms with Crippen molar-refractivity contribution < 1.29 is 0 Å². The molecule has 1 unspecified atom stereocenters. The third-order valence-electron chi connectivity index (χ3n) is 3.55. The summed E-state index contributed by atoms with van der Waals surface area (Å²) in [5.41, 5.74) is 2.61. The van der Waals surface area contributed by atoms with E-state index in [1.807, 2.05) is 36.7 Å². The summed E-state index contributed by atoms with van der Waals surface area (Å²) in [6.45, 7) is 2.12. The van der Waals surface area contributed by atoms with E-state index in [0.717, 1.165) is 18.6 Å². The Bertz CT molecular complexity index is 519. The van der Waals surface area contributed by atoms with Crippen LogP contribution in [0.1, 0.15) is 17.7 Å². The molecule has 0 aliphatic heterocycles. The molecule has 0 radical (unpaired) electrons. The Morgan fingerprint density at radius 2 is 2.00 bits per heavy atom. The molecule has 0 saturated heterocycles. The van der Waals surface area contributed by atoms with Crippen molar-refractivity contribution in [1.82, 2.24) is 15.1 Å². The first kappa shape index (κ1) is 15.1. The highest BCUT2D eigenvalue weighted by Crippen LogP contribution is 2.20. The Hall–Kier alpha value is -1.26. The van der Waals surface area contributed by atoms with Crippen LogP contribution in [0.5, 0.6) is 0 Å². The maximum atomic E-state index is 4.21. The van der Waals surface area contributed by atoms with Crippen molar-refractivity contribution in [3.8, 4) is 0 Å². The molecule has 0 spiro atoms. The van der Waals surface area contributed by atoms with Gasteiger partial charge < -0.3 is 5.32 Å². The summed E-state index contributed by atoms with van der Waals surface area (Å²) in [7, 11) is 4.05. The molecule has 1 aromatic carbocycles. The molecular weight excluding hydrogens is 266 g/mol. The summed E-state index contributed by atoms with van der Waals surface area (Å²) in [4.78, 5) is 1.34. The second-order valence-electron chi connectivity index (χ2n) is 5.09. The number of aromatic nitrogens is 2. The SMILES string of the molecule is CNC(CCc1ccnn1C)CSc1ccc(C)cc1. The van der Waals surface area contributed by atoms with Crippen molar-refractivity contribution in [2.45, 2.75) is 30.7 Å². The van der Waals surface area contributed by atoms with Gasteiger partial charge in [-0.3, -0.25) is 4.68 Å². The van der Waals surface area contributed by atoms with Gasteiger partial charge in [0, 0.05) is 35.6 Å². The van der Waals surface area contributed by atoms with Gasteiger partial charge in [-0.15, -0.1) is 11.8 Å². The molecule has 0 aliphatic carbocycles. The predicted molar refractivity (Wildman–Crippen MR) is 86.3 cm³/mol. The van der Waals surface area contributed by atoms with Crippen molar-refractivity contribution in [3.63, 3.8) is 0 Å². The highest BCUT2D eigenvalue weighted by Gasteiger charge is 2.08. The first-order valence-corrected chi connectivity index (χ1v) is 8.01. The molecule has 2 aromatic rings. The van der Waals surface area contributed by atoms with Crippen molar-refractivity contribution in [2.75, 3.05) is 12.8 Å². The number of benzene rings is 1. The number of aryl methyl sites for hydroxylation is 3. The Morgan fingerprint density at radius 1 is 1.25 bits per heavy atom. The first-order chi connectivity index (χ1) is 9.69. The van der Waals surface area contributed by atoms with Crippen LogP contribution in [0.25, 0.3) is 0 Å². The topological polar surface area (TPSA) is 29.9 Å². The summed E-state index contributed by atoms with van der Waals surface area (Å²) >= 11 is 1.92. The molecule has 108 valence electrons. The third-order valence-corrected chi connectivity index (χ3v) is 4.73. The van der Waals surface area contributed by atoms with Crippen LogP contribution in [0.4, 0.5) is 0 Å². The standard InChI is InChI=1S/C16H23N3S/c1-13-4-8-16(9-5-13)20-12-14(17-2)6-7-15-10-11-18-19(15)3/h4-5,8-11,14,17H,6-7,12H2,1-3H3. The van der Waals surface area contributed by atoms with E-state index in [-0.39, 0.29) is 0 Å². The number of hydrogen-bond acceptors (Lipinski definition) is 3. The van der Waals surface area contributed by atoms with E-state index in [9.17, 15) is 0 Å². The van der Waals surface area contributed by atoms with Crippen LogP contribution in [0, 0.1) is 6.92 Å². The lowest BCUT2D eigenvalue weighted by Crippen LogP contribution is -2.28. The summed E-state index contributed by atoms with van der Waals surface area (Å²) in [5, 5.41) is 7.63. The fraction of sp³-hybridized carbons (Fsp3) is 0.438. The van der Waals surface area contributed by atoms with Gasteiger partial charge in [-0.05, 0) is 45.0 Å². The minimum Gasteiger partial charge on any atom is -0.316 e. The molecule has 1 heterocycles. The summed E-state index contributed by atoms with van der Waals surface area (Å²) < 4.78 is 1.96. The van der Waals surface area contributed by atoms with Crippen molar-refractivity contribution in [1.29, 1.82) is 0 Å². The maximum absolute atomic E-state index is 4.21. The van der Waals surface area contributed by atoms with E-state index >= 15 is 0 Å². The number of thioether (sulfide) groups is 1. The van der Waals surface area contributed by atoms with Crippen molar-refractivity contribution in [2.24, 2.45) is 7.05 Å². The second-order valence-corrected chi connectivity index (χ2v) is 6.19. The van der Waals surface area contributed by atoms with Gasteiger partial charge in [0.25, 0.3) is 0 Å². The van der Waals surface area contributed by atoms with Crippen molar-refractivity contribution >= 4 is 11.8 Å². The lowest BCUT2D eigenvalue weighted by atomic mass is 10.1. The smallest absolute Gasteiger partial charge is 0.0492 e. The zero-order valence-electron chi connectivity index (χ0n) is 12.5. The average molecular weight is 289 g/mol. The van der Waals surface area contributed by atoms with E-state index in [4.69, 9.17) is 0 Å². The van der Waals surface area contributed by atoms with Crippen molar-refractivity contribution in [3.05, 3.63) is 47.8 Å². The molecule has 4 heteroatoms. The average Bonchev–Trinajstić information content (AvgIpc) is 2.86. The zero-order chi connectivity index (χ0) is 14.4. The monoisotopic (exact) mass is 289 g/mol. The highest BCUT2D eigenvalue weighted by molar-refractivity contribution is 7.99. The quantitative estimate of drug-likeness (QED) is 0.795. The second kappa shape index (κ2) is 7.50. The summed E-state index contributed by atoms with van der Waals surface area (Å²) in [5.74, 6) is 1.09. The normalized spacial score (nSPS) is 12.6. The molecular formula is C16H23N3S. The van der Waals surface area contributed by atoms with Crippen LogP contribution >= 0.6 is 11.8 Å². The zero-order valence-corrected chi connectivity index (χ0v) is 13.3. The molecule has 20 heavy (non-hydrogen) atoms. The van der Waals surface area contributed by atoms with Crippen LogP contribution < -0.4 is 5.32 Å². The van der Waals surface area contributed by atoms with Gasteiger partial charge in [-0.1, -0.05) is 17.7 Å². The van der Waals surface area contributed by atoms with Gasteiger partial charge >= 0.3 is 0 Å². The van der Waals surface area contributed by atoms with E-state index in [1.54, 1.807) is 0 Å². The summed E-state index contributed by atoms with van der Waals surface area (Å²) in [6, 6.07) is 11.4. The Balaban J connectivity index is 1.80. The van der Waals surface area contributed by atoms with E-state index in [1.165, 1.54) is 16.2 Å². The molecule has 1 aromatic heterocycles. The minimum atomic E-state index is 0.524. The number of nitrogens with zero attached hydrogens (tertiary/aromatic N) is 2. The van der Waals surface area contributed by atoms with E-state index in [0.29, 0.717) is 6.04 Å². The van der Waals surface area contributed by atoms with Crippen LogP contribution in [0.15, 0.2) is 41.4 Å². The lowest BCUT2D eigenvalue weighted by molar-refractivity contribution is 0.556. The third kappa shape index (κ3) is 4.39. The molecule has 0 bridgehead atoms.